The van der Waals surface area contributed by atoms with Crippen LogP contribution in [-0.4, -0.2) is 25.9 Å². The molecular formula is C18H29NO2. The molecule has 2 rings (SSSR count). The fourth-order valence-corrected chi connectivity index (χ4v) is 2.28. The Morgan fingerprint density at radius 2 is 1.90 bits per heavy atom. The van der Waals surface area contributed by atoms with Crippen molar-refractivity contribution in [1.29, 1.82) is 0 Å². The number of rotatable bonds is 10. The van der Waals surface area contributed by atoms with Crippen LogP contribution < -0.4 is 10.1 Å². The van der Waals surface area contributed by atoms with Crippen LogP contribution in [0.1, 0.15) is 51.6 Å². The molecule has 1 saturated carbocycles. The zero-order valence-electron chi connectivity index (χ0n) is 13.6. The van der Waals surface area contributed by atoms with E-state index in [1.807, 2.05) is 13.8 Å². The van der Waals surface area contributed by atoms with Gasteiger partial charge in [0, 0.05) is 6.61 Å². The van der Waals surface area contributed by atoms with E-state index in [2.05, 4.69) is 36.5 Å². The van der Waals surface area contributed by atoms with Crippen molar-refractivity contribution in [3.63, 3.8) is 0 Å². The molecule has 3 nitrogen and oxygen atoms in total. The van der Waals surface area contributed by atoms with Crippen molar-refractivity contribution in [2.24, 2.45) is 5.92 Å². The number of nitrogens with one attached hydrogen (secondary N) is 1. The van der Waals surface area contributed by atoms with Gasteiger partial charge in [-0.15, -0.1) is 0 Å². The molecule has 0 saturated heterocycles. The summed E-state index contributed by atoms with van der Waals surface area (Å²) in [6, 6.07) is 8.67. The normalized spacial score (nSPS) is 16.2. The van der Waals surface area contributed by atoms with Gasteiger partial charge in [-0.1, -0.05) is 19.1 Å². The summed E-state index contributed by atoms with van der Waals surface area (Å²) in [4.78, 5) is 0. The molecule has 21 heavy (non-hydrogen) atoms. The van der Waals surface area contributed by atoms with Crippen LogP contribution in [0.2, 0.25) is 0 Å². The zero-order chi connectivity index (χ0) is 15.1. The Hall–Kier alpha value is -1.06. The molecule has 1 aromatic rings. The van der Waals surface area contributed by atoms with Gasteiger partial charge in [0.2, 0.25) is 0 Å². The second kappa shape index (κ2) is 8.40. The summed E-state index contributed by atoms with van der Waals surface area (Å²) in [5.74, 6) is 1.75. The summed E-state index contributed by atoms with van der Waals surface area (Å²) in [5, 5.41) is 3.57. The molecule has 0 radical (unpaired) electrons. The van der Waals surface area contributed by atoms with E-state index in [0.717, 1.165) is 37.8 Å². The second-order valence-electron chi connectivity index (χ2n) is 6.22. The van der Waals surface area contributed by atoms with Gasteiger partial charge in [-0.25, -0.2) is 0 Å². The number of hydrogen-bond acceptors (Lipinski definition) is 3. The van der Waals surface area contributed by atoms with Crippen molar-refractivity contribution in [1.82, 2.24) is 5.32 Å². The highest BCUT2D eigenvalue weighted by Crippen LogP contribution is 2.29. The van der Waals surface area contributed by atoms with Crippen molar-refractivity contribution in [2.75, 3.05) is 19.8 Å². The Bertz CT molecular complexity index is 398. The molecular weight excluding hydrogens is 262 g/mol. The summed E-state index contributed by atoms with van der Waals surface area (Å²) in [6.45, 7) is 8.96. The van der Waals surface area contributed by atoms with Gasteiger partial charge < -0.3 is 14.8 Å². The van der Waals surface area contributed by atoms with Crippen LogP contribution in [0.25, 0.3) is 0 Å². The molecule has 1 aliphatic rings. The highest BCUT2D eigenvalue weighted by atomic mass is 16.5. The summed E-state index contributed by atoms with van der Waals surface area (Å²) in [7, 11) is 0. The molecule has 0 aliphatic heterocycles. The van der Waals surface area contributed by atoms with Gasteiger partial charge in [0.15, 0.2) is 0 Å². The lowest BCUT2D eigenvalue weighted by atomic mass is 10.1. The molecule has 1 aromatic carbocycles. The van der Waals surface area contributed by atoms with Crippen LogP contribution in [0.5, 0.6) is 5.75 Å². The van der Waals surface area contributed by atoms with Gasteiger partial charge in [0.1, 0.15) is 5.75 Å². The third kappa shape index (κ3) is 6.06. The van der Waals surface area contributed by atoms with Crippen molar-refractivity contribution >= 4 is 0 Å². The molecule has 1 atom stereocenters. The van der Waals surface area contributed by atoms with Crippen LogP contribution in [-0.2, 0) is 4.74 Å². The van der Waals surface area contributed by atoms with E-state index in [-0.39, 0.29) is 12.1 Å². The monoisotopic (exact) mass is 291 g/mol. The van der Waals surface area contributed by atoms with Crippen molar-refractivity contribution in [3.8, 4) is 5.75 Å². The molecule has 1 fully saturated rings. The van der Waals surface area contributed by atoms with Crippen LogP contribution in [0.3, 0.4) is 0 Å². The van der Waals surface area contributed by atoms with Crippen LogP contribution in [0, 0.1) is 5.92 Å². The van der Waals surface area contributed by atoms with Gasteiger partial charge in [0.05, 0.1) is 18.8 Å². The fraction of sp³-hybridized carbons (Fsp3) is 0.667. The van der Waals surface area contributed by atoms with Crippen LogP contribution >= 0.6 is 0 Å². The molecule has 1 aliphatic carbocycles. The summed E-state index contributed by atoms with van der Waals surface area (Å²) in [5.41, 5.74) is 1.27. The predicted octanol–water partition coefficient (Wildman–Crippen LogP) is 3.94. The van der Waals surface area contributed by atoms with Crippen LogP contribution in [0.15, 0.2) is 24.3 Å². The lowest BCUT2D eigenvalue weighted by Gasteiger charge is -2.20. The quantitative estimate of drug-likeness (QED) is 0.708. The minimum Gasteiger partial charge on any atom is -0.491 e. The van der Waals surface area contributed by atoms with E-state index in [1.165, 1.54) is 18.4 Å². The van der Waals surface area contributed by atoms with E-state index in [4.69, 9.17) is 9.47 Å². The summed E-state index contributed by atoms with van der Waals surface area (Å²) >= 11 is 0. The number of hydrogen-bond donors (Lipinski definition) is 1. The summed E-state index contributed by atoms with van der Waals surface area (Å²) in [6.07, 6.45) is 4.03. The lowest BCUT2D eigenvalue weighted by molar-refractivity contribution is 0.103. The number of benzene rings is 1. The number of ether oxygens (including phenoxy) is 2. The molecule has 0 aromatic heterocycles. The highest BCUT2D eigenvalue weighted by Gasteiger charge is 2.22. The standard InChI is InChI=1S/C18H29NO2/c1-4-11-19-18(13-20-12-15-5-6-15)16-7-9-17(10-8-16)21-14(2)3/h7-10,14-15,18-19H,4-6,11-13H2,1-3H3. The van der Waals surface area contributed by atoms with Crippen molar-refractivity contribution in [3.05, 3.63) is 29.8 Å². The van der Waals surface area contributed by atoms with Crippen molar-refractivity contribution < 1.29 is 9.47 Å². The SMILES string of the molecule is CCCNC(COCC1CC1)c1ccc(OC(C)C)cc1. The topological polar surface area (TPSA) is 30.5 Å². The Balaban J connectivity index is 1.89. The molecule has 0 spiro atoms. The molecule has 0 bridgehead atoms. The molecule has 3 heteroatoms. The first-order valence-electron chi connectivity index (χ1n) is 8.26. The Labute approximate surface area is 129 Å². The fourth-order valence-electron chi connectivity index (χ4n) is 2.28. The second-order valence-corrected chi connectivity index (χ2v) is 6.22. The van der Waals surface area contributed by atoms with Gasteiger partial charge in [0.25, 0.3) is 0 Å². The molecule has 118 valence electrons. The maximum atomic E-state index is 5.87. The van der Waals surface area contributed by atoms with Crippen LogP contribution in [0.4, 0.5) is 0 Å². The maximum Gasteiger partial charge on any atom is 0.119 e. The van der Waals surface area contributed by atoms with Gasteiger partial charge >= 0.3 is 0 Å². The van der Waals surface area contributed by atoms with E-state index < -0.39 is 0 Å². The highest BCUT2D eigenvalue weighted by molar-refractivity contribution is 5.29. The third-order valence-electron chi connectivity index (χ3n) is 3.63. The zero-order valence-corrected chi connectivity index (χ0v) is 13.6. The first kappa shape index (κ1) is 16.3. The first-order valence-corrected chi connectivity index (χ1v) is 8.26. The minimum atomic E-state index is 0.215. The largest absolute Gasteiger partial charge is 0.491 e. The van der Waals surface area contributed by atoms with E-state index in [9.17, 15) is 0 Å². The summed E-state index contributed by atoms with van der Waals surface area (Å²) < 4.78 is 11.6. The third-order valence-corrected chi connectivity index (χ3v) is 3.63. The van der Waals surface area contributed by atoms with Gasteiger partial charge in [-0.2, -0.15) is 0 Å². The van der Waals surface area contributed by atoms with Crippen molar-refractivity contribution in [2.45, 2.75) is 52.2 Å². The van der Waals surface area contributed by atoms with Gasteiger partial charge in [-0.3, -0.25) is 0 Å². The Morgan fingerprint density at radius 1 is 1.19 bits per heavy atom. The first-order chi connectivity index (χ1) is 10.2. The Morgan fingerprint density at radius 3 is 2.48 bits per heavy atom. The average Bonchev–Trinajstić information content (AvgIpc) is 3.27. The van der Waals surface area contributed by atoms with E-state index in [1.54, 1.807) is 0 Å². The predicted molar refractivity (Wildman–Crippen MR) is 86.8 cm³/mol. The molecule has 0 amide bonds. The molecule has 1 unspecified atom stereocenters. The maximum absolute atomic E-state index is 5.87. The Kier molecular flexibility index (Phi) is 6.52. The van der Waals surface area contributed by atoms with Gasteiger partial charge in [-0.05, 0) is 63.3 Å². The average molecular weight is 291 g/mol. The molecule has 0 heterocycles. The van der Waals surface area contributed by atoms with E-state index >= 15 is 0 Å². The lowest BCUT2D eigenvalue weighted by Crippen LogP contribution is -2.26. The smallest absolute Gasteiger partial charge is 0.119 e. The van der Waals surface area contributed by atoms with E-state index in [0.29, 0.717) is 0 Å². The molecule has 1 N–H and O–H groups in total. The minimum absolute atomic E-state index is 0.215.